The maximum atomic E-state index is 11.9. The highest BCUT2D eigenvalue weighted by molar-refractivity contribution is 7.86. The Bertz CT molecular complexity index is 561. The van der Waals surface area contributed by atoms with Gasteiger partial charge in [-0.25, -0.2) is 0 Å². The van der Waals surface area contributed by atoms with Crippen LogP contribution in [0.2, 0.25) is 0 Å². The van der Waals surface area contributed by atoms with E-state index in [0.717, 1.165) is 5.56 Å². The van der Waals surface area contributed by atoms with Crippen molar-refractivity contribution >= 4 is 16.1 Å². The first-order valence-electron chi connectivity index (χ1n) is 6.05. The highest BCUT2D eigenvalue weighted by atomic mass is 32.2. The number of hydrogen-bond acceptors (Lipinski definition) is 5. The molecule has 0 aliphatic carbocycles. The Kier molecular flexibility index (Phi) is 3.91. The number of ether oxygens (including phenoxy) is 1. The standard InChI is InChI=1S/C13H16O5S/c1-9-3-5-12(6-4-9)19(15,16)17-8-11-7-10(2)13(14)18-11/h3-6,10-11H,7-8H2,1-2H3. The maximum Gasteiger partial charge on any atom is 0.309 e. The molecule has 1 saturated heterocycles. The van der Waals surface area contributed by atoms with Gasteiger partial charge in [-0.15, -0.1) is 0 Å². The summed E-state index contributed by atoms with van der Waals surface area (Å²) in [5.41, 5.74) is 0.970. The summed E-state index contributed by atoms with van der Waals surface area (Å²) < 4.78 is 33.7. The van der Waals surface area contributed by atoms with Crippen LogP contribution in [0.25, 0.3) is 0 Å². The van der Waals surface area contributed by atoms with E-state index in [4.69, 9.17) is 8.92 Å². The maximum absolute atomic E-state index is 11.9. The minimum absolute atomic E-state index is 0.107. The van der Waals surface area contributed by atoms with Crippen LogP contribution in [0.15, 0.2) is 29.2 Å². The third kappa shape index (κ3) is 3.33. The molecule has 0 bridgehead atoms. The van der Waals surface area contributed by atoms with Gasteiger partial charge >= 0.3 is 5.97 Å². The normalized spacial score (nSPS) is 23.4. The zero-order chi connectivity index (χ0) is 14.0. The van der Waals surface area contributed by atoms with Crippen molar-refractivity contribution in [3.05, 3.63) is 29.8 Å². The molecule has 0 saturated carbocycles. The van der Waals surface area contributed by atoms with E-state index >= 15 is 0 Å². The number of rotatable bonds is 4. The Balaban J connectivity index is 1.99. The Hall–Kier alpha value is -1.40. The lowest BCUT2D eigenvalue weighted by Gasteiger charge is -2.10. The number of benzene rings is 1. The van der Waals surface area contributed by atoms with Gasteiger partial charge in [-0.2, -0.15) is 8.42 Å². The fraction of sp³-hybridized carbons (Fsp3) is 0.462. The fourth-order valence-corrected chi connectivity index (χ4v) is 2.80. The number of hydrogen-bond donors (Lipinski definition) is 0. The number of carbonyl (C=O) groups is 1. The van der Waals surface area contributed by atoms with Crippen LogP contribution in [0.5, 0.6) is 0 Å². The molecule has 5 nitrogen and oxygen atoms in total. The van der Waals surface area contributed by atoms with Gasteiger partial charge in [0.15, 0.2) is 0 Å². The first kappa shape index (κ1) is 14.0. The molecule has 0 amide bonds. The molecule has 2 rings (SSSR count). The number of cyclic esters (lactones) is 1. The number of aryl methyl sites for hydroxylation is 1. The molecule has 0 radical (unpaired) electrons. The summed E-state index contributed by atoms with van der Waals surface area (Å²) in [6.07, 6.45) is 0.00475. The summed E-state index contributed by atoms with van der Waals surface area (Å²) >= 11 is 0. The van der Waals surface area contributed by atoms with E-state index in [1.165, 1.54) is 12.1 Å². The van der Waals surface area contributed by atoms with Crippen molar-refractivity contribution in [2.75, 3.05) is 6.61 Å². The van der Waals surface area contributed by atoms with Gasteiger partial charge < -0.3 is 4.74 Å². The second-order valence-electron chi connectivity index (χ2n) is 4.75. The van der Waals surface area contributed by atoms with Crippen LogP contribution in [0.4, 0.5) is 0 Å². The molecular formula is C13H16O5S. The van der Waals surface area contributed by atoms with Gasteiger partial charge in [0.2, 0.25) is 0 Å². The lowest BCUT2D eigenvalue weighted by Crippen LogP contribution is -2.18. The van der Waals surface area contributed by atoms with E-state index in [9.17, 15) is 13.2 Å². The van der Waals surface area contributed by atoms with Crippen molar-refractivity contribution in [1.29, 1.82) is 0 Å². The largest absolute Gasteiger partial charge is 0.460 e. The first-order valence-corrected chi connectivity index (χ1v) is 7.46. The zero-order valence-electron chi connectivity index (χ0n) is 10.8. The Morgan fingerprint density at radius 1 is 1.32 bits per heavy atom. The van der Waals surface area contributed by atoms with Crippen molar-refractivity contribution in [3.63, 3.8) is 0 Å². The van der Waals surface area contributed by atoms with Crippen molar-refractivity contribution in [2.45, 2.75) is 31.3 Å². The molecule has 0 spiro atoms. The monoisotopic (exact) mass is 284 g/mol. The average Bonchev–Trinajstić information content (AvgIpc) is 2.67. The molecule has 2 atom stereocenters. The highest BCUT2D eigenvalue weighted by Crippen LogP contribution is 2.22. The van der Waals surface area contributed by atoms with E-state index in [0.29, 0.717) is 6.42 Å². The minimum atomic E-state index is -3.79. The molecule has 0 N–H and O–H groups in total. The summed E-state index contributed by atoms with van der Waals surface area (Å²) in [5, 5.41) is 0. The molecule has 2 unspecified atom stereocenters. The lowest BCUT2D eigenvalue weighted by atomic mass is 10.1. The Labute approximate surface area is 112 Å². The summed E-state index contributed by atoms with van der Waals surface area (Å²) in [4.78, 5) is 11.3. The molecule has 6 heteroatoms. The van der Waals surface area contributed by atoms with Crippen molar-refractivity contribution in [1.82, 2.24) is 0 Å². The van der Waals surface area contributed by atoms with Gasteiger partial charge in [-0.1, -0.05) is 24.6 Å². The van der Waals surface area contributed by atoms with Crippen molar-refractivity contribution in [3.8, 4) is 0 Å². The summed E-state index contributed by atoms with van der Waals surface area (Å²) in [6, 6.07) is 6.39. The van der Waals surface area contributed by atoms with E-state index < -0.39 is 16.2 Å². The van der Waals surface area contributed by atoms with Crippen molar-refractivity contribution < 1.29 is 22.1 Å². The quantitative estimate of drug-likeness (QED) is 0.621. The first-order chi connectivity index (χ1) is 8.88. The van der Waals surface area contributed by atoms with Crippen LogP contribution in [-0.4, -0.2) is 27.1 Å². The van der Waals surface area contributed by atoms with Crippen LogP contribution in [0, 0.1) is 12.8 Å². The van der Waals surface area contributed by atoms with E-state index in [-0.39, 0.29) is 23.4 Å². The van der Waals surface area contributed by atoms with Gasteiger partial charge in [0.25, 0.3) is 10.1 Å². The van der Waals surface area contributed by atoms with Crippen LogP contribution in [0.3, 0.4) is 0 Å². The minimum Gasteiger partial charge on any atom is -0.460 e. The van der Waals surface area contributed by atoms with Gasteiger partial charge in [-0.05, 0) is 25.5 Å². The molecule has 19 heavy (non-hydrogen) atoms. The molecule has 1 aromatic rings. The van der Waals surface area contributed by atoms with Gasteiger partial charge in [0.1, 0.15) is 12.7 Å². The summed E-state index contributed by atoms with van der Waals surface area (Å²) in [5.74, 6) is -0.503. The van der Waals surface area contributed by atoms with Gasteiger partial charge in [-0.3, -0.25) is 8.98 Å². The van der Waals surface area contributed by atoms with Crippen LogP contribution >= 0.6 is 0 Å². The second-order valence-corrected chi connectivity index (χ2v) is 6.36. The van der Waals surface area contributed by atoms with E-state index in [1.54, 1.807) is 19.1 Å². The number of esters is 1. The number of carbonyl (C=O) groups excluding carboxylic acids is 1. The van der Waals surface area contributed by atoms with E-state index in [1.807, 2.05) is 6.92 Å². The SMILES string of the molecule is Cc1ccc(S(=O)(=O)OCC2CC(C)C(=O)O2)cc1. The highest BCUT2D eigenvalue weighted by Gasteiger charge is 2.32. The van der Waals surface area contributed by atoms with Crippen LogP contribution in [-0.2, 0) is 23.8 Å². The molecule has 1 fully saturated rings. The third-order valence-corrected chi connectivity index (χ3v) is 4.32. The lowest BCUT2D eigenvalue weighted by molar-refractivity contribution is -0.144. The predicted octanol–water partition coefficient (Wildman–Crippen LogP) is 1.65. The Morgan fingerprint density at radius 3 is 2.47 bits per heavy atom. The van der Waals surface area contributed by atoms with Gasteiger partial charge in [0, 0.05) is 0 Å². The molecule has 1 heterocycles. The molecule has 1 aliphatic heterocycles. The Morgan fingerprint density at radius 2 is 1.95 bits per heavy atom. The van der Waals surface area contributed by atoms with E-state index in [2.05, 4.69) is 0 Å². The van der Waals surface area contributed by atoms with Gasteiger partial charge in [0.05, 0.1) is 10.8 Å². The van der Waals surface area contributed by atoms with Crippen molar-refractivity contribution in [2.24, 2.45) is 5.92 Å². The summed E-state index contributed by atoms with van der Waals surface area (Å²) in [6.45, 7) is 3.49. The molecule has 1 aliphatic rings. The smallest absolute Gasteiger partial charge is 0.309 e. The van der Waals surface area contributed by atoms with Crippen LogP contribution < -0.4 is 0 Å². The predicted molar refractivity (Wildman–Crippen MR) is 68.0 cm³/mol. The average molecular weight is 284 g/mol. The zero-order valence-corrected chi connectivity index (χ0v) is 11.6. The molecule has 104 valence electrons. The topological polar surface area (TPSA) is 69.7 Å². The molecular weight excluding hydrogens is 268 g/mol. The van der Waals surface area contributed by atoms with Crippen LogP contribution in [0.1, 0.15) is 18.9 Å². The third-order valence-electron chi connectivity index (χ3n) is 3.02. The molecule has 1 aromatic carbocycles. The fourth-order valence-electron chi connectivity index (χ4n) is 1.86. The summed E-state index contributed by atoms with van der Waals surface area (Å²) in [7, 11) is -3.79. The molecule has 0 aromatic heterocycles. The second kappa shape index (κ2) is 5.30.